The minimum absolute atomic E-state index is 0.00983. The number of hydrogen-bond donors (Lipinski definition) is 1. The molecule has 2 aromatic carbocycles. The molecule has 0 aliphatic heterocycles. The van der Waals surface area contributed by atoms with E-state index < -0.39 is 17.6 Å². The fourth-order valence-corrected chi connectivity index (χ4v) is 2.72. The summed E-state index contributed by atoms with van der Waals surface area (Å²) in [5.74, 6) is -0.519. The van der Waals surface area contributed by atoms with Gasteiger partial charge in [-0.25, -0.2) is 4.98 Å². The Morgan fingerprint density at radius 3 is 2.64 bits per heavy atom. The first-order valence-corrected chi connectivity index (χ1v) is 8.27. The number of halogens is 3. The Labute approximate surface area is 159 Å². The third kappa shape index (κ3) is 4.38. The van der Waals surface area contributed by atoms with Crippen molar-refractivity contribution in [3.05, 3.63) is 77.4 Å². The highest BCUT2D eigenvalue weighted by Crippen LogP contribution is 2.33. The van der Waals surface area contributed by atoms with Crippen molar-refractivity contribution in [1.29, 1.82) is 5.26 Å². The van der Waals surface area contributed by atoms with Crippen molar-refractivity contribution in [3.63, 3.8) is 0 Å². The summed E-state index contributed by atoms with van der Waals surface area (Å²) in [6.45, 7) is 1.72. The summed E-state index contributed by atoms with van der Waals surface area (Å²) in [4.78, 5) is 16.4. The third-order valence-corrected chi connectivity index (χ3v) is 4.03. The largest absolute Gasteiger partial charge is 0.416 e. The molecule has 142 valence electrons. The highest BCUT2D eigenvalue weighted by molar-refractivity contribution is 5.93. The molecule has 5 nitrogen and oxygen atoms in total. The van der Waals surface area contributed by atoms with Gasteiger partial charge in [0.1, 0.15) is 0 Å². The standard InChI is InChI=1S/C20H15F3N4O/c1-13-11-27(12-25-13)18-8-16(20(21,22)23)7-17(9-18)26-19(28)6-14-4-2-3-5-15(14)10-24/h2-5,7-9,11-12H,6H2,1H3,(H,26,28). The maximum Gasteiger partial charge on any atom is 0.416 e. The van der Waals surface area contributed by atoms with Gasteiger partial charge in [-0.1, -0.05) is 18.2 Å². The molecule has 0 saturated carbocycles. The van der Waals surface area contributed by atoms with Crippen molar-refractivity contribution in [3.8, 4) is 11.8 Å². The van der Waals surface area contributed by atoms with E-state index in [1.165, 1.54) is 17.0 Å². The smallest absolute Gasteiger partial charge is 0.326 e. The summed E-state index contributed by atoms with van der Waals surface area (Å²) >= 11 is 0. The number of nitriles is 1. The number of hydrogen-bond acceptors (Lipinski definition) is 3. The Kier molecular flexibility index (Phi) is 5.18. The lowest BCUT2D eigenvalue weighted by molar-refractivity contribution is -0.137. The van der Waals surface area contributed by atoms with Crippen LogP contribution in [0.2, 0.25) is 0 Å². The van der Waals surface area contributed by atoms with Crippen LogP contribution in [0.25, 0.3) is 5.69 Å². The van der Waals surface area contributed by atoms with Gasteiger partial charge in [-0.2, -0.15) is 18.4 Å². The average molecular weight is 384 g/mol. The molecule has 3 aromatic rings. The second-order valence-electron chi connectivity index (χ2n) is 6.18. The number of alkyl halides is 3. The topological polar surface area (TPSA) is 70.7 Å². The molecule has 0 atom stereocenters. The predicted molar refractivity (Wildman–Crippen MR) is 96.8 cm³/mol. The zero-order chi connectivity index (χ0) is 20.3. The minimum atomic E-state index is -4.57. The summed E-state index contributed by atoms with van der Waals surface area (Å²) in [5, 5.41) is 11.6. The Bertz CT molecular complexity index is 1060. The highest BCUT2D eigenvalue weighted by Gasteiger charge is 2.31. The molecule has 0 fully saturated rings. The monoisotopic (exact) mass is 384 g/mol. The number of imidazole rings is 1. The molecule has 0 bridgehead atoms. The van der Waals surface area contributed by atoms with Gasteiger partial charge in [0.15, 0.2) is 0 Å². The zero-order valence-electron chi connectivity index (χ0n) is 14.8. The van der Waals surface area contributed by atoms with Gasteiger partial charge in [-0.05, 0) is 36.8 Å². The van der Waals surface area contributed by atoms with Crippen LogP contribution in [-0.2, 0) is 17.4 Å². The number of nitrogens with one attached hydrogen (secondary N) is 1. The van der Waals surface area contributed by atoms with Gasteiger partial charge in [0.05, 0.1) is 35.6 Å². The molecule has 0 aliphatic carbocycles. The second-order valence-corrected chi connectivity index (χ2v) is 6.18. The first-order chi connectivity index (χ1) is 13.3. The van der Waals surface area contributed by atoms with Gasteiger partial charge >= 0.3 is 6.18 Å². The van der Waals surface area contributed by atoms with Gasteiger partial charge in [-0.15, -0.1) is 0 Å². The predicted octanol–water partition coefficient (Wildman–Crippen LogP) is 4.25. The molecule has 1 N–H and O–H groups in total. The van der Waals surface area contributed by atoms with Gasteiger partial charge in [0.2, 0.25) is 5.91 Å². The molecule has 1 aromatic heterocycles. The van der Waals surface area contributed by atoms with E-state index in [1.807, 2.05) is 6.07 Å². The van der Waals surface area contributed by atoms with Crippen molar-refractivity contribution in [1.82, 2.24) is 9.55 Å². The average Bonchev–Trinajstić information content (AvgIpc) is 3.07. The third-order valence-electron chi connectivity index (χ3n) is 4.03. The normalized spacial score (nSPS) is 11.1. The maximum atomic E-state index is 13.3. The molecule has 1 amide bonds. The summed E-state index contributed by atoms with van der Waals surface area (Å²) < 4.78 is 41.3. The van der Waals surface area contributed by atoms with Crippen molar-refractivity contribution in [2.45, 2.75) is 19.5 Å². The molecular formula is C20H15F3N4O. The number of aryl methyl sites for hydroxylation is 1. The first kappa shape index (κ1) is 19.2. The van der Waals surface area contributed by atoms with Crippen LogP contribution in [0.15, 0.2) is 55.0 Å². The molecule has 0 radical (unpaired) electrons. The molecule has 28 heavy (non-hydrogen) atoms. The number of anilines is 1. The van der Waals surface area contributed by atoms with Crippen LogP contribution in [-0.4, -0.2) is 15.5 Å². The summed E-state index contributed by atoms with van der Waals surface area (Å²) in [6.07, 6.45) is -1.71. The second kappa shape index (κ2) is 7.56. The molecule has 0 spiro atoms. The lowest BCUT2D eigenvalue weighted by atomic mass is 10.1. The Morgan fingerprint density at radius 2 is 2.00 bits per heavy atom. The number of carbonyl (C=O) groups is 1. The van der Waals surface area contributed by atoms with Crippen LogP contribution < -0.4 is 5.32 Å². The SMILES string of the molecule is Cc1cn(-c2cc(NC(=O)Cc3ccccc3C#N)cc(C(F)(F)F)c2)cn1. The van der Waals surface area contributed by atoms with Crippen molar-refractivity contribution in [2.24, 2.45) is 0 Å². The van der Waals surface area contributed by atoms with E-state index in [1.54, 1.807) is 37.4 Å². The van der Waals surface area contributed by atoms with E-state index in [-0.39, 0.29) is 17.8 Å². The van der Waals surface area contributed by atoms with E-state index >= 15 is 0 Å². The van der Waals surface area contributed by atoms with Crippen molar-refractivity contribution in [2.75, 3.05) is 5.32 Å². The number of carbonyl (C=O) groups excluding carboxylic acids is 1. The number of rotatable bonds is 4. The zero-order valence-corrected chi connectivity index (χ0v) is 14.8. The number of aromatic nitrogens is 2. The summed E-state index contributed by atoms with van der Waals surface area (Å²) in [7, 11) is 0. The molecule has 0 unspecified atom stereocenters. The van der Waals surface area contributed by atoms with Crippen LogP contribution in [0.4, 0.5) is 18.9 Å². The quantitative estimate of drug-likeness (QED) is 0.731. The molecular weight excluding hydrogens is 369 g/mol. The van der Waals surface area contributed by atoms with E-state index in [9.17, 15) is 18.0 Å². The Morgan fingerprint density at radius 1 is 1.25 bits per heavy atom. The van der Waals surface area contributed by atoms with E-state index in [0.29, 0.717) is 16.8 Å². The van der Waals surface area contributed by atoms with E-state index in [4.69, 9.17) is 5.26 Å². The Balaban J connectivity index is 1.90. The van der Waals surface area contributed by atoms with E-state index in [0.717, 1.165) is 12.1 Å². The molecule has 0 saturated heterocycles. The van der Waals surface area contributed by atoms with Crippen LogP contribution in [0.3, 0.4) is 0 Å². The van der Waals surface area contributed by atoms with Gasteiger partial charge in [-0.3, -0.25) is 4.79 Å². The summed E-state index contributed by atoms with van der Waals surface area (Å²) in [6, 6.07) is 11.9. The minimum Gasteiger partial charge on any atom is -0.326 e. The highest BCUT2D eigenvalue weighted by atomic mass is 19.4. The molecule has 3 rings (SSSR count). The van der Waals surface area contributed by atoms with Gasteiger partial charge in [0, 0.05) is 17.6 Å². The summed E-state index contributed by atoms with van der Waals surface area (Å²) in [5.41, 5.74) is 0.843. The maximum absolute atomic E-state index is 13.3. The lowest BCUT2D eigenvalue weighted by Gasteiger charge is -2.14. The van der Waals surface area contributed by atoms with Crippen LogP contribution in [0.5, 0.6) is 0 Å². The number of amides is 1. The fourth-order valence-electron chi connectivity index (χ4n) is 2.72. The molecule has 0 aliphatic rings. The van der Waals surface area contributed by atoms with E-state index in [2.05, 4.69) is 10.3 Å². The van der Waals surface area contributed by atoms with Crippen molar-refractivity contribution >= 4 is 11.6 Å². The molecule has 1 heterocycles. The molecule has 8 heteroatoms. The fraction of sp³-hybridized carbons (Fsp3) is 0.150. The Hall–Kier alpha value is -3.60. The van der Waals surface area contributed by atoms with Crippen LogP contribution in [0, 0.1) is 18.3 Å². The van der Waals surface area contributed by atoms with Gasteiger partial charge < -0.3 is 9.88 Å². The number of benzene rings is 2. The van der Waals surface area contributed by atoms with Crippen LogP contribution >= 0.6 is 0 Å². The number of nitrogens with zero attached hydrogens (tertiary/aromatic N) is 3. The van der Waals surface area contributed by atoms with Crippen molar-refractivity contribution < 1.29 is 18.0 Å². The first-order valence-electron chi connectivity index (χ1n) is 8.27. The van der Waals surface area contributed by atoms with Gasteiger partial charge in [0.25, 0.3) is 0 Å². The lowest BCUT2D eigenvalue weighted by Crippen LogP contribution is -2.16. The van der Waals surface area contributed by atoms with Crippen LogP contribution in [0.1, 0.15) is 22.4 Å².